The second kappa shape index (κ2) is 5.35. The summed E-state index contributed by atoms with van der Waals surface area (Å²) in [5, 5.41) is 0.605. The summed E-state index contributed by atoms with van der Waals surface area (Å²) in [5.41, 5.74) is 8.58. The standard InChI is InChI=1S/C16H16ClNO2/c1-19-11-7-6-10-8-15(16(18)12(10)9-11)20-14-5-3-2-4-13(14)17/h2-7,9,15-16H,8,18H2,1H3. The van der Waals surface area contributed by atoms with Gasteiger partial charge in [0, 0.05) is 6.42 Å². The molecule has 0 saturated carbocycles. The second-order valence-electron chi connectivity index (χ2n) is 4.88. The lowest BCUT2D eigenvalue weighted by atomic mass is 10.1. The third-order valence-corrected chi connectivity index (χ3v) is 3.96. The van der Waals surface area contributed by atoms with Gasteiger partial charge in [-0.05, 0) is 35.4 Å². The minimum Gasteiger partial charge on any atom is -0.497 e. The fourth-order valence-electron chi connectivity index (χ4n) is 2.56. The molecular weight excluding hydrogens is 274 g/mol. The summed E-state index contributed by atoms with van der Waals surface area (Å²) in [6.45, 7) is 0. The first-order valence-electron chi connectivity index (χ1n) is 6.52. The van der Waals surface area contributed by atoms with Crippen LogP contribution in [0.5, 0.6) is 11.5 Å². The highest BCUT2D eigenvalue weighted by Crippen LogP contribution is 2.36. The Kier molecular flexibility index (Phi) is 3.55. The Morgan fingerprint density at radius 1 is 1.20 bits per heavy atom. The van der Waals surface area contributed by atoms with Crippen molar-refractivity contribution in [2.24, 2.45) is 5.73 Å². The molecular formula is C16H16ClNO2. The summed E-state index contributed by atoms with van der Waals surface area (Å²) in [6.07, 6.45) is 0.683. The van der Waals surface area contributed by atoms with Gasteiger partial charge in [-0.2, -0.15) is 0 Å². The maximum Gasteiger partial charge on any atom is 0.138 e. The molecule has 2 unspecified atom stereocenters. The van der Waals surface area contributed by atoms with Crippen LogP contribution >= 0.6 is 11.6 Å². The molecule has 1 aliphatic rings. The van der Waals surface area contributed by atoms with Gasteiger partial charge in [0.25, 0.3) is 0 Å². The van der Waals surface area contributed by atoms with Crippen LogP contribution in [0.15, 0.2) is 42.5 Å². The molecule has 0 aliphatic heterocycles. The number of methoxy groups -OCH3 is 1. The molecule has 2 N–H and O–H groups in total. The smallest absolute Gasteiger partial charge is 0.138 e. The Morgan fingerprint density at radius 2 is 2.00 bits per heavy atom. The lowest BCUT2D eigenvalue weighted by molar-refractivity contribution is 0.185. The summed E-state index contributed by atoms with van der Waals surface area (Å²) in [6, 6.07) is 13.3. The molecule has 0 radical (unpaired) electrons. The number of hydrogen-bond donors (Lipinski definition) is 1. The van der Waals surface area contributed by atoms with Crippen LogP contribution in [0.25, 0.3) is 0 Å². The molecule has 0 fully saturated rings. The molecule has 0 amide bonds. The Hall–Kier alpha value is -1.71. The molecule has 20 heavy (non-hydrogen) atoms. The van der Waals surface area contributed by atoms with Crippen LogP contribution < -0.4 is 15.2 Å². The number of benzene rings is 2. The van der Waals surface area contributed by atoms with E-state index >= 15 is 0 Å². The van der Waals surface area contributed by atoms with Crippen LogP contribution in [0.3, 0.4) is 0 Å². The van der Waals surface area contributed by atoms with E-state index in [0.717, 1.165) is 17.7 Å². The SMILES string of the molecule is COc1ccc2c(c1)C(N)C(Oc1ccccc1Cl)C2. The van der Waals surface area contributed by atoms with Gasteiger partial charge in [0.05, 0.1) is 18.2 Å². The summed E-state index contributed by atoms with van der Waals surface area (Å²) >= 11 is 6.12. The number of hydrogen-bond acceptors (Lipinski definition) is 3. The highest BCUT2D eigenvalue weighted by atomic mass is 35.5. The lowest BCUT2D eigenvalue weighted by Crippen LogP contribution is -2.27. The topological polar surface area (TPSA) is 44.5 Å². The molecule has 0 heterocycles. The monoisotopic (exact) mass is 289 g/mol. The molecule has 0 aromatic heterocycles. The van der Waals surface area contributed by atoms with Crippen LogP contribution in [0, 0.1) is 0 Å². The maximum atomic E-state index is 6.29. The Labute approximate surface area is 123 Å². The minimum absolute atomic E-state index is 0.1000. The van der Waals surface area contributed by atoms with Gasteiger partial charge in [-0.3, -0.25) is 0 Å². The van der Waals surface area contributed by atoms with E-state index in [1.54, 1.807) is 7.11 Å². The zero-order valence-electron chi connectivity index (χ0n) is 11.2. The van der Waals surface area contributed by atoms with Gasteiger partial charge < -0.3 is 15.2 Å². The van der Waals surface area contributed by atoms with E-state index in [0.29, 0.717) is 10.8 Å². The quantitative estimate of drug-likeness (QED) is 0.942. The van der Waals surface area contributed by atoms with E-state index in [4.69, 9.17) is 26.8 Å². The third kappa shape index (κ3) is 2.35. The van der Waals surface area contributed by atoms with Crippen molar-refractivity contribution in [3.8, 4) is 11.5 Å². The first-order chi connectivity index (χ1) is 9.69. The molecule has 2 atom stereocenters. The van der Waals surface area contributed by atoms with Crippen LogP contribution in [-0.4, -0.2) is 13.2 Å². The Morgan fingerprint density at radius 3 is 2.75 bits per heavy atom. The fourth-order valence-corrected chi connectivity index (χ4v) is 2.74. The van der Waals surface area contributed by atoms with Gasteiger partial charge in [-0.25, -0.2) is 0 Å². The molecule has 1 aliphatic carbocycles. The number of fused-ring (bicyclic) bond motifs is 1. The summed E-state index contributed by atoms with van der Waals surface area (Å²) in [5.74, 6) is 1.49. The molecule has 0 spiro atoms. The van der Waals surface area contributed by atoms with Crippen molar-refractivity contribution >= 4 is 11.6 Å². The van der Waals surface area contributed by atoms with Crippen molar-refractivity contribution < 1.29 is 9.47 Å². The van der Waals surface area contributed by atoms with Gasteiger partial charge in [-0.1, -0.05) is 29.8 Å². The fraction of sp³-hybridized carbons (Fsp3) is 0.250. The van der Waals surface area contributed by atoms with Gasteiger partial charge in [0.15, 0.2) is 0 Å². The second-order valence-corrected chi connectivity index (χ2v) is 5.29. The van der Waals surface area contributed by atoms with Crippen molar-refractivity contribution in [3.05, 3.63) is 58.6 Å². The maximum absolute atomic E-state index is 6.29. The van der Waals surface area contributed by atoms with Gasteiger partial charge in [0.1, 0.15) is 17.6 Å². The van der Waals surface area contributed by atoms with Crippen molar-refractivity contribution in [1.82, 2.24) is 0 Å². The number of ether oxygens (including phenoxy) is 2. The Bertz CT molecular complexity index is 630. The van der Waals surface area contributed by atoms with Gasteiger partial charge >= 0.3 is 0 Å². The van der Waals surface area contributed by atoms with Crippen molar-refractivity contribution in [3.63, 3.8) is 0 Å². The average Bonchev–Trinajstić information content (AvgIpc) is 2.77. The predicted molar refractivity (Wildman–Crippen MR) is 79.5 cm³/mol. The predicted octanol–water partition coefficient (Wildman–Crippen LogP) is 3.35. The molecule has 3 rings (SSSR count). The first kappa shape index (κ1) is 13.3. The number of halogens is 1. The van der Waals surface area contributed by atoms with E-state index in [1.165, 1.54) is 5.56 Å². The van der Waals surface area contributed by atoms with Crippen LogP contribution in [0.4, 0.5) is 0 Å². The van der Waals surface area contributed by atoms with E-state index in [1.807, 2.05) is 42.5 Å². The normalized spacial score (nSPS) is 20.6. The largest absolute Gasteiger partial charge is 0.497 e. The zero-order valence-corrected chi connectivity index (χ0v) is 11.9. The van der Waals surface area contributed by atoms with E-state index < -0.39 is 0 Å². The summed E-state index contributed by atoms with van der Waals surface area (Å²) < 4.78 is 11.2. The van der Waals surface area contributed by atoms with Gasteiger partial charge in [-0.15, -0.1) is 0 Å². The molecule has 4 heteroatoms. The van der Waals surface area contributed by atoms with Crippen LogP contribution in [0.2, 0.25) is 5.02 Å². The van der Waals surface area contributed by atoms with E-state index in [2.05, 4.69) is 0 Å². The molecule has 2 aromatic carbocycles. The summed E-state index contributed by atoms with van der Waals surface area (Å²) in [4.78, 5) is 0. The third-order valence-electron chi connectivity index (χ3n) is 3.65. The highest BCUT2D eigenvalue weighted by Gasteiger charge is 2.32. The highest BCUT2D eigenvalue weighted by molar-refractivity contribution is 6.32. The average molecular weight is 290 g/mol. The van der Waals surface area contributed by atoms with Gasteiger partial charge in [0.2, 0.25) is 0 Å². The molecule has 104 valence electrons. The van der Waals surface area contributed by atoms with Crippen LogP contribution in [-0.2, 0) is 6.42 Å². The minimum atomic E-state index is -0.170. The lowest BCUT2D eigenvalue weighted by Gasteiger charge is -2.19. The molecule has 0 bridgehead atoms. The van der Waals surface area contributed by atoms with E-state index in [-0.39, 0.29) is 12.1 Å². The van der Waals surface area contributed by atoms with Crippen molar-refractivity contribution in [2.45, 2.75) is 18.6 Å². The molecule has 2 aromatic rings. The number of rotatable bonds is 3. The summed E-state index contributed by atoms with van der Waals surface area (Å²) in [7, 11) is 1.65. The first-order valence-corrected chi connectivity index (χ1v) is 6.90. The van der Waals surface area contributed by atoms with Crippen molar-refractivity contribution in [2.75, 3.05) is 7.11 Å². The number of para-hydroxylation sites is 1. The van der Waals surface area contributed by atoms with Crippen LogP contribution in [0.1, 0.15) is 17.2 Å². The molecule has 3 nitrogen and oxygen atoms in total. The van der Waals surface area contributed by atoms with E-state index in [9.17, 15) is 0 Å². The zero-order chi connectivity index (χ0) is 14.1. The number of nitrogens with two attached hydrogens (primary N) is 1. The Balaban J connectivity index is 1.83. The molecule has 0 saturated heterocycles. The van der Waals surface area contributed by atoms with Crippen molar-refractivity contribution in [1.29, 1.82) is 0 Å².